The van der Waals surface area contributed by atoms with Crippen LogP contribution in [-0.2, 0) is 4.43 Å². The molecule has 0 unspecified atom stereocenters. The number of rotatable bonds is 4. The van der Waals surface area contributed by atoms with Gasteiger partial charge in [0.25, 0.3) is 0 Å². The van der Waals surface area contributed by atoms with E-state index in [1.807, 2.05) is 0 Å². The van der Waals surface area contributed by atoms with Crippen LogP contribution in [0.1, 0.15) is 40.0 Å². The minimum Gasteiger partial charge on any atom is -0.556 e. The zero-order valence-corrected chi connectivity index (χ0v) is 9.53. The van der Waals surface area contributed by atoms with Gasteiger partial charge in [0.1, 0.15) is 0 Å². The first-order chi connectivity index (χ1) is 4.79. The monoisotopic (exact) mass is 158 g/mol. The van der Waals surface area contributed by atoms with Crippen LogP contribution < -0.4 is 0 Å². The Kier molecular flexibility index (Phi) is 5.40. The summed E-state index contributed by atoms with van der Waals surface area (Å²) in [5.41, 5.74) is 1.48. The molecule has 0 amide bonds. The van der Waals surface area contributed by atoms with Crippen LogP contribution in [0, 0.1) is 0 Å². The highest BCUT2D eigenvalue weighted by Crippen LogP contribution is 2.15. The smallest absolute Gasteiger partial charge is 0.203 e. The van der Waals surface area contributed by atoms with E-state index in [9.17, 15) is 0 Å². The summed E-state index contributed by atoms with van der Waals surface area (Å²) in [4.78, 5) is 0. The normalized spacial score (nSPS) is 9.50. The van der Waals surface area contributed by atoms with Crippen LogP contribution in [-0.4, -0.2) is 10.5 Å². The van der Waals surface area contributed by atoms with Gasteiger partial charge in [-0.15, -0.1) is 0 Å². The van der Waals surface area contributed by atoms with Crippen LogP contribution in [0.25, 0.3) is 0 Å². The van der Waals surface area contributed by atoms with Crippen molar-refractivity contribution in [3.05, 3.63) is 11.3 Å². The van der Waals surface area contributed by atoms with Crippen LogP contribution in [0.3, 0.4) is 0 Å². The Labute approximate surface area is 67.0 Å². The average Bonchev–Trinajstić information content (AvgIpc) is 2.00. The van der Waals surface area contributed by atoms with Gasteiger partial charge < -0.3 is 4.43 Å². The molecule has 0 radical (unpaired) electrons. The van der Waals surface area contributed by atoms with E-state index in [-0.39, 0.29) is 0 Å². The Morgan fingerprint density at radius 3 is 1.70 bits per heavy atom. The Bertz CT molecular complexity index is 92.4. The van der Waals surface area contributed by atoms with Crippen molar-refractivity contribution in [3.8, 4) is 0 Å². The molecule has 10 heavy (non-hydrogen) atoms. The van der Waals surface area contributed by atoms with Crippen molar-refractivity contribution in [1.29, 1.82) is 0 Å². The van der Waals surface area contributed by atoms with Gasteiger partial charge in [0.15, 0.2) is 0 Å². The van der Waals surface area contributed by atoms with Crippen LogP contribution in [0.4, 0.5) is 0 Å². The maximum atomic E-state index is 5.36. The van der Waals surface area contributed by atoms with E-state index in [0.717, 1.165) is 29.7 Å². The molecule has 0 aliphatic rings. The number of hydrogen-bond acceptors (Lipinski definition) is 1. The minimum absolute atomic E-state index is 0.831. The summed E-state index contributed by atoms with van der Waals surface area (Å²) in [6.45, 7) is 6.53. The quantitative estimate of drug-likeness (QED) is 0.447. The zero-order chi connectivity index (χ0) is 7.98. The molecule has 0 aliphatic carbocycles. The van der Waals surface area contributed by atoms with Crippen LogP contribution in [0.2, 0.25) is 0 Å². The highest BCUT2D eigenvalue weighted by atomic mass is 28.2. The van der Waals surface area contributed by atoms with E-state index in [2.05, 4.69) is 20.8 Å². The van der Waals surface area contributed by atoms with Crippen molar-refractivity contribution >= 4 is 10.5 Å². The molecule has 0 spiro atoms. The third-order valence-corrected chi connectivity index (χ3v) is 2.31. The van der Waals surface area contributed by atoms with Gasteiger partial charge >= 0.3 is 0 Å². The van der Waals surface area contributed by atoms with Crippen LogP contribution >= 0.6 is 0 Å². The molecule has 0 atom stereocenters. The molecule has 0 aromatic heterocycles. The molecule has 0 bridgehead atoms. The molecular formula is C8H18OSi. The molecule has 1 nitrogen and oxygen atoms in total. The third kappa shape index (κ3) is 2.56. The average molecular weight is 158 g/mol. The lowest BCUT2D eigenvalue weighted by molar-refractivity contribution is 0.437. The molecule has 0 aromatic rings. The highest BCUT2D eigenvalue weighted by molar-refractivity contribution is 5.98. The van der Waals surface area contributed by atoms with Gasteiger partial charge in [0.05, 0.1) is 5.76 Å². The van der Waals surface area contributed by atoms with E-state index in [4.69, 9.17) is 4.43 Å². The van der Waals surface area contributed by atoms with E-state index in [0.29, 0.717) is 0 Å². The number of hydrogen-bond donors (Lipinski definition) is 0. The summed E-state index contributed by atoms with van der Waals surface area (Å²) in [7, 11) is 0.831. The topological polar surface area (TPSA) is 9.23 Å². The van der Waals surface area contributed by atoms with Crippen LogP contribution in [0.15, 0.2) is 11.3 Å². The largest absolute Gasteiger partial charge is 0.556 e. The van der Waals surface area contributed by atoms with Gasteiger partial charge in [0, 0.05) is 6.42 Å². The summed E-state index contributed by atoms with van der Waals surface area (Å²) < 4.78 is 5.36. The molecular weight excluding hydrogens is 140 g/mol. The summed E-state index contributed by atoms with van der Waals surface area (Å²) in [6, 6.07) is 0. The fourth-order valence-electron chi connectivity index (χ4n) is 1.18. The molecule has 0 saturated heterocycles. The Morgan fingerprint density at radius 2 is 1.60 bits per heavy atom. The lowest BCUT2D eigenvalue weighted by Crippen LogP contribution is -1.92. The highest BCUT2D eigenvalue weighted by Gasteiger charge is 1.98. The Morgan fingerprint density at radius 1 is 1.10 bits per heavy atom. The van der Waals surface area contributed by atoms with E-state index < -0.39 is 0 Å². The second-order valence-electron chi connectivity index (χ2n) is 2.29. The second-order valence-corrected chi connectivity index (χ2v) is 2.70. The summed E-state index contributed by atoms with van der Waals surface area (Å²) >= 11 is 0. The predicted molar refractivity (Wildman–Crippen MR) is 48.9 cm³/mol. The first kappa shape index (κ1) is 9.76. The second kappa shape index (κ2) is 5.53. The van der Waals surface area contributed by atoms with Gasteiger partial charge in [0.2, 0.25) is 10.5 Å². The maximum absolute atomic E-state index is 5.36. The fraction of sp³-hybridized carbons (Fsp3) is 0.750. The molecule has 2 heteroatoms. The lowest BCUT2D eigenvalue weighted by Gasteiger charge is -2.09. The lowest BCUT2D eigenvalue weighted by atomic mass is 10.1. The third-order valence-electron chi connectivity index (χ3n) is 1.82. The summed E-state index contributed by atoms with van der Waals surface area (Å²) in [5, 5.41) is 0. The van der Waals surface area contributed by atoms with Crippen molar-refractivity contribution in [1.82, 2.24) is 0 Å². The molecule has 0 aliphatic heterocycles. The first-order valence-corrected chi connectivity index (χ1v) is 4.86. The van der Waals surface area contributed by atoms with Crippen molar-refractivity contribution in [2.45, 2.75) is 40.0 Å². The van der Waals surface area contributed by atoms with Gasteiger partial charge in [-0.2, -0.15) is 0 Å². The molecule has 60 valence electrons. The standard InChI is InChI=1S/C8H18OSi/c1-4-7(5-2)8(6-3)9-10/h4-6H2,1-3,10H3. The minimum atomic E-state index is 0.831. The van der Waals surface area contributed by atoms with Crippen molar-refractivity contribution in [3.63, 3.8) is 0 Å². The van der Waals surface area contributed by atoms with E-state index >= 15 is 0 Å². The molecule has 0 fully saturated rings. The van der Waals surface area contributed by atoms with Gasteiger partial charge in [-0.25, -0.2) is 0 Å². The molecule has 0 heterocycles. The fourth-order valence-corrected chi connectivity index (χ4v) is 1.76. The molecule has 0 saturated carbocycles. The Hall–Kier alpha value is -0.243. The van der Waals surface area contributed by atoms with Gasteiger partial charge in [-0.05, 0) is 18.4 Å². The van der Waals surface area contributed by atoms with Crippen molar-refractivity contribution in [2.75, 3.05) is 0 Å². The van der Waals surface area contributed by atoms with Gasteiger partial charge in [-0.3, -0.25) is 0 Å². The van der Waals surface area contributed by atoms with Crippen molar-refractivity contribution < 1.29 is 4.43 Å². The molecule has 0 N–H and O–H groups in total. The molecule has 0 rings (SSSR count). The van der Waals surface area contributed by atoms with Gasteiger partial charge in [-0.1, -0.05) is 20.8 Å². The maximum Gasteiger partial charge on any atom is 0.203 e. The number of allylic oxidation sites excluding steroid dienone is 2. The Balaban J connectivity index is 4.20. The van der Waals surface area contributed by atoms with E-state index in [1.165, 1.54) is 11.3 Å². The summed E-state index contributed by atoms with van der Waals surface area (Å²) in [6.07, 6.45) is 3.34. The predicted octanol–water partition coefficient (Wildman–Crippen LogP) is 1.77. The van der Waals surface area contributed by atoms with Crippen molar-refractivity contribution in [2.24, 2.45) is 0 Å². The summed E-state index contributed by atoms with van der Waals surface area (Å²) in [5.74, 6) is 1.23. The first-order valence-electron chi connectivity index (χ1n) is 4.04. The molecule has 0 aromatic carbocycles. The SMILES string of the molecule is CCC(CC)=C(CC)O[SiH3]. The van der Waals surface area contributed by atoms with E-state index in [1.54, 1.807) is 0 Å². The zero-order valence-electron chi connectivity index (χ0n) is 7.53. The van der Waals surface area contributed by atoms with Crippen LogP contribution in [0.5, 0.6) is 0 Å².